The first-order chi connectivity index (χ1) is 12.2. The number of nitrogens with zero attached hydrogens (tertiary/aromatic N) is 1. The Bertz CT molecular complexity index is 1060. The second-order valence-electron chi connectivity index (χ2n) is 5.48. The molecule has 0 unspecified atom stereocenters. The molecule has 6 heteroatoms. The summed E-state index contributed by atoms with van der Waals surface area (Å²) in [4.78, 5) is 18.9. The summed E-state index contributed by atoms with van der Waals surface area (Å²) in [5, 5.41) is 10.4. The summed E-state index contributed by atoms with van der Waals surface area (Å²) in [5.74, 6) is 0.0468. The summed E-state index contributed by atoms with van der Waals surface area (Å²) in [6.45, 7) is 0. The number of rotatable bonds is 4. The number of aromatic carboxylic acids is 1. The number of oxazole rings is 1. The lowest BCUT2D eigenvalue weighted by molar-refractivity contribution is 0.0691. The van der Waals surface area contributed by atoms with Crippen molar-refractivity contribution in [3.63, 3.8) is 0 Å². The van der Waals surface area contributed by atoms with Crippen LogP contribution in [0, 0.1) is 0 Å². The van der Waals surface area contributed by atoms with Gasteiger partial charge in [-0.1, -0.05) is 18.2 Å². The monoisotopic (exact) mass is 334 g/mol. The van der Waals surface area contributed by atoms with Crippen LogP contribution in [0.4, 0.5) is 0 Å². The molecule has 2 N–H and O–H groups in total. The van der Waals surface area contributed by atoms with Crippen molar-refractivity contribution < 1.29 is 19.1 Å². The van der Waals surface area contributed by atoms with Gasteiger partial charge in [0.05, 0.1) is 7.11 Å². The minimum absolute atomic E-state index is 0.115. The van der Waals surface area contributed by atoms with Crippen LogP contribution in [0.25, 0.3) is 33.7 Å². The number of carbonyl (C=O) groups is 1. The second-order valence-corrected chi connectivity index (χ2v) is 5.48. The van der Waals surface area contributed by atoms with E-state index in [-0.39, 0.29) is 17.3 Å². The normalized spacial score (nSPS) is 10.9. The SMILES string of the molecule is COc1ccc(-c2nc(C(=O)O)c(-c3c[nH]c4ccccc34)o2)cc1. The Kier molecular flexibility index (Phi) is 3.50. The highest BCUT2D eigenvalue weighted by Crippen LogP contribution is 2.34. The Morgan fingerprint density at radius 1 is 1.16 bits per heavy atom. The number of hydrogen-bond acceptors (Lipinski definition) is 4. The first-order valence-electron chi connectivity index (χ1n) is 7.62. The minimum atomic E-state index is -1.14. The maximum Gasteiger partial charge on any atom is 0.358 e. The van der Waals surface area contributed by atoms with Crippen molar-refractivity contribution in [1.29, 1.82) is 0 Å². The van der Waals surface area contributed by atoms with Gasteiger partial charge in [0.25, 0.3) is 0 Å². The molecule has 124 valence electrons. The van der Waals surface area contributed by atoms with Crippen molar-refractivity contribution in [2.24, 2.45) is 0 Å². The summed E-state index contributed by atoms with van der Waals surface area (Å²) < 4.78 is 11.0. The third kappa shape index (κ3) is 2.53. The van der Waals surface area contributed by atoms with Crippen molar-refractivity contribution >= 4 is 16.9 Å². The molecule has 4 rings (SSSR count). The molecule has 0 aliphatic carbocycles. The molecule has 2 heterocycles. The summed E-state index contributed by atoms with van der Waals surface area (Å²) in [5.41, 5.74) is 2.13. The van der Waals surface area contributed by atoms with Gasteiger partial charge in [-0.05, 0) is 30.3 Å². The maximum atomic E-state index is 11.6. The van der Waals surface area contributed by atoms with Gasteiger partial charge in [-0.3, -0.25) is 0 Å². The lowest BCUT2D eigenvalue weighted by Gasteiger charge is -1.99. The van der Waals surface area contributed by atoms with E-state index >= 15 is 0 Å². The number of nitrogens with one attached hydrogen (secondary N) is 1. The number of ether oxygens (including phenoxy) is 1. The molecule has 0 radical (unpaired) electrons. The van der Waals surface area contributed by atoms with Crippen LogP contribution >= 0.6 is 0 Å². The topological polar surface area (TPSA) is 88.4 Å². The molecule has 6 nitrogen and oxygen atoms in total. The van der Waals surface area contributed by atoms with Crippen LogP contribution in [0.5, 0.6) is 5.75 Å². The number of benzene rings is 2. The second kappa shape index (κ2) is 5.83. The number of carboxylic acids is 1. The van der Waals surface area contributed by atoms with E-state index in [0.717, 1.165) is 10.9 Å². The molecule has 0 aliphatic heterocycles. The highest BCUT2D eigenvalue weighted by molar-refractivity contribution is 6.00. The minimum Gasteiger partial charge on any atom is -0.497 e. The van der Waals surface area contributed by atoms with Crippen LogP contribution in [0.2, 0.25) is 0 Å². The van der Waals surface area contributed by atoms with Gasteiger partial charge in [-0.2, -0.15) is 0 Å². The van der Waals surface area contributed by atoms with Gasteiger partial charge < -0.3 is 19.2 Å². The number of aromatic nitrogens is 2. The van der Waals surface area contributed by atoms with E-state index in [4.69, 9.17) is 9.15 Å². The fourth-order valence-corrected chi connectivity index (χ4v) is 2.76. The summed E-state index contributed by atoms with van der Waals surface area (Å²) in [6.07, 6.45) is 1.73. The molecule has 0 fully saturated rings. The van der Waals surface area contributed by atoms with E-state index in [1.807, 2.05) is 24.3 Å². The fraction of sp³-hybridized carbons (Fsp3) is 0.0526. The molecule has 0 bridgehead atoms. The number of aromatic amines is 1. The molecule has 0 atom stereocenters. The van der Waals surface area contributed by atoms with Gasteiger partial charge in [-0.15, -0.1) is 0 Å². The summed E-state index contributed by atoms with van der Waals surface area (Å²) in [6, 6.07) is 14.7. The molecule has 0 aliphatic rings. The van der Waals surface area contributed by atoms with Gasteiger partial charge in [0.2, 0.25) is 5.89 Å². The van der Waals surface area contributed by atoms with Crippen LogP contribution in [0.3, 0.4) is 0 Å². The number of hydrogen-bond donors (Lipinski definition) is 2. The predicted molar refractivity (Wildman–Crippen MR) is 92.7 cm³/mol. The summed E-state index contributed by atoms with van der Waals surface area (Å²) in [7, 11) is 1.58. The van der Waals surface area contributed by atoms with E-state index in [0.29, 0.717) is 16.9 Å². The molecule has 0 saturated heterocycles. The molecule has 0 amide bonds. The van der Waals surface area contributed by atoms with E-state index in [9.17, 15) is 9.90 Å². The number of carboxylic acid groups (broad SMARTS) is 1. The molecule has 4 aromatic rings. The fourth-order valence-electron chi connectivity index (χ4n) is 2.76. The quantitative estimate of drug-likeness (QED) is 0.584. The number of H-pyrrole nitrogens is 1. The van der Waals surface area contributed by atoms with Crippen molar-refractivity contribution in [3.05, 3.63) is 60.4 Å². The molecule has 0 saturated carbocycles. The van der Waals surface area contributed by atoms with E-state index in [1.54, 1.807) is 37.6 Å². The first-order valence-corrected chi connectivity index (χ1v) is 7.62. The lowest BCUT2D eigenvalue weighted by Crippen LogP contribution is -1.98. The average Bonchev–Trinajstić information content (AvgIpc) is 3.26. The van der Waals surface area contributed by atoms with Gasteiger partial charge in [0.15, 0.2) is 11.5 Å². The Morgan fingerprint density at radius 2 is 1.92 bits per heavy atom. The summed E-state index contributed by atoms with van der Waals surface area (Å²) >= 11 is 0. The number of fused-ring (bicyclic) bond motifs is 1. The van der Waals surface area contributed by atoms with Crippen molar-refractivity contribution in [1.82, 2.24) is 9.97 Å². The van der Waals surface area contributed by atoms with Crippen LogP contribution < -0.4 is 4.74 Å². The highest BCUT2D eigenvalue weighted by Gasteiger charge is 2.23. The van der Waals surface area contributed by atoms with Crippen molar-refractivity contribution in [2.45, 2.75) is 0 Å². The Labute approximate surface area is 142 Å². The molecule has 25 heavy (non-hydrogen) atoms. The molecule has 2 aromatic heterocycles. The predicted octanol–water partition coefficient (Wildman–Crippen LogP) is 4.20. The number of methoxy groups -OCH3 is 1. The first kappa shape index (κ1) is 15.0. The van der Waals surface area contributed by atoms with Crippen LogP contribution in [-0.2, 0) is 0 Å². The zero-order valence-corrected chi connectivity index (χ0v) is 13.3. The number of para-hydroxylation sites is 1. The van der Waals surface area contributed by atoms with E-state index in [1.165, 1.54) is 0 Å². The average molecular weight is 334 g/mol. The zero-order chi connectivity index (χ0) is 17.4. The van der Waals surface area contributed by atoms with Gasteiger partial charge >= 0.3 is 5.97 Å². The Morgan fingerprint density at radius 3 is 2.64 bits per heavy atom. The maximum absolute atomic E-state index is 11.6. The standard InChI is InChI=1S/C19H14N2O4/c1-24-12-8-6-11(7-9-12)18-21-16(19(22)23)17(25-18)14-10-20-15-5-3-2-4-13(14)15/h2-10,20H,1H3,(H,22,23). The van der Waals surface area contributed by atoms with Crippen LogP contribution in [-0.4, -0.2) is 28.2 Å². The third-order valence-electron chi connectivity index (χ3n) is 4.00. The zero-order valence-electron chi connectivity index (χ0n) is 13.3. The van der Waals surface area contributed by atoms with E-state index in [2.05, 4.69) is 9.97 Å². The third-order valence-corrected chi connectivity index (χ3v) is 4.00. The lowest BCUT2D eigenvalue weighted by atomic mass is 10.1. The molecular weight excluding hydrogens is 320 g/mol. The smallest absolute Gasteiger partial charge is 0.358 e. The Hall–Kier alpha value is -3.54. The molecule has 0 spiro atoms. The molecule has 2 aromatic carbocycles. The highest BCUT2D eigenvalue weighted by atomic mass is 16.5. The Balaban J connectivity index is 1.87. The van der Waals surface area contributed by atoms with Gasteiger partial charge in [0.1, 0.15) is 5.75 Å². The van der Waals surface area contributed by atoms with Crippen molar-refractivity contribution in [3.8, 4) is 28.5 Å². The van der Waals surface area contributed by atoms with Crippen LogP contribution in [0.1, 0.15) is 10.5 Å². The van der Waals surface area contributed by atoms with Crippen molar-refractivity contribution in [2.75, 3.05) is 7.11 Å². The molecular formula is C19H14N2O4. The largest absolute Gasteiger partial charge is 0.497 e. The van der Waals surface area contributed by atoms with Crippen LogP contribution in [0.15, 0.2) is 59.1 Å². The van der Waals surface area contributed by atoms with Gasteiger partial charge in [0, 0.05) is 28.2 Å². The van der Waals surface area contributed by atoms with E-state index < -0.39 is 5.97 Å². The van der Waals surface area contributed by atoms with Gasteiger partial charge in [-0.25, -0.2) is 9.78 Å².